The number of esters is 1. The lowest BCUT2D eigenvalue weighted by Crippen LogP contribution is -2.08. The largest absolute Gasteiger partial charge is 0.488 e. The van der Waals surface area contributed by atoms with Crippen LogP contribution in [-0.4, -0.2) is 13.1 Å². The topological polar surface area (TPSA) is 61.5 Å². The normalized spacial score (nSPS) is 10.2. The predicted octanol–water partition coefficient (Wildman–Crippen LogP) is 3.33. The molecule has 0 heterocycles. The summed E-state index contributed by atoms with van der Waals surface area (Å²) < 4.78 is 11.2. The number of hydrogen-bond donors (Lipinski definition) is 1. The molecule has 0 aromatic heterocycles. The van der Waals surface area contributed by atoms with Crippen molar-refractivity contribution in [1.29, 1.82) is 0 Å². The standard InChI is InChI=1S/C16H16BrNO3/c1-20-15(19)9-11-5-2-3-6-12(11)10-21-14-8-4-7-13(18)16(14)17/h2-8H,9-10,18H2,1H3. The van der Waals surface area contributed by atoms with Gasteiger partial charge in [0.1, 0.15) is 12.4 Å². The SMILES string of the molecule is COC(=O)Cc1ccccc1COc1cccc(N)c1Br. The summed E-state index contributed by atoms with van der Waals surface area (Å²) in [5.74, 6) is 0.399. The lowest BCUT2D eigenvalue weighted by molar-refractivity contribution is -0.139. The summed E-state index contributed by atoms with van der Waals surface area (Å²) in [5, 5.41) is 0. The quantitative estimate of drug-likeness (QED) is 0.664. The van der Waals surface area contributed by atoms with E-state index in [4.69, 9.17) is 15.2 Å². The molecule has 2 aromatic carbocycles. The summed E-state index contributed by atoms with van der Waals surface area (Å²) in [6.45, 7) is 0.356. The minimum absolute atomic E-state index is 0.230. The summed E-state index contributed by atoms with van der Waals surface area (Å²) in [7, 11) is 1.38. The van der Waals surface area contributed by atoms with Crippen molar-refractivity contribution in [2.24, 2.45) is 0 Å². The van der Waals surface area contributed by atoms with Crippen molar-refractivity contribution in [3.8, 4) is 5.75 Å². The van der Waals surface area contributed by atoms with Crippen molar-refractivity contribution in [1.82, 2.24) is 0 Å². The first-order chi connectivity index (χ1) is 10.1. The molecule has 2 aromatic rings. The van der Waals surface area contributed by atoms with Crippen LogP contribution in [0.1, 0.15) is 11.1 Å². The first kappa shape index (κ1) is 15.4. The number of benzene rings is 2. The number of nitrogens with two attached hydrogens (primary N) is 1. The first-order valence-corrected chi connectivity index (χ1v) is 7.21. The van der Waals surface area contributed by atoms with E-state index in [1.807, 2.05) is 36.4 Å². The number of ether oxygens (including phenoxy) is 2. The smallest absolute Gasteiger partial charge is 0.309 e. The number of carbonyl (C=O) groups is 1. The molecule has 0 amide bonds. The zero-order valence-electron chi connectivity index (χ0n) is 11.6. The van der Waals surface area contributed by atoms with Gasteiger partial charge in [-0.1, -0.05) is 30.3 Å². The van der Waals surface area contributed by atoms with Crippen LogP contribution in [0.15, 0.2) is 46.9 Å². The molecule has 0 bridgehead atoms. The van der Waals surface area contributed by atoms with Gasteiger partial charge in [-0.15, -0.1) is 0 Å². The minimum atomic E-state index is -0.271. The van der Waals surface area contributed by atoms with E-state index in [2.05, 4.69) is 15.9 Å². The molecule has 21 heavy (non-hydrogen) atoms. The molecule has 0 spiro atoms. The number of anilines is 1. The Balaban J connectivity index is 2.13. The fraction of sp³-hybridized carbons (Fsp3) is 0.188. The molecule has 0 aliphatic heterocycles. The maximum Gasteiger partial charge on any atom is 0.309 e. The molecule has 0 aliphatic rings. The summed E-state index contributed by atoms with van der Waals surface area (Å²) in [5.41, 5.74) is 8.27. The Morgan fingerprint density at radius 2 is 1.86 bits per heavy atom. The van der Waals surface area contributed by atoms with Crippen LogP contribution in [0, 0.1) is 0 Å². The number of nitrogen functional groups attached to an aromatic ring is 1. The molecule has 2 rings (SSSR count). The van der Waals surface area contributed by atoms with Crippen LogP contribution in [0.25, 0.3) is 0 Å². The van der Waals surface area contributed by atoms with Crippen LogP contribution < -0.4 is 10.5 Å². The monoisotopic (exact) mass is 349 g/mol. The van der Waals surface area contributed by atoms with Crippen molar-refractivity contribution in [2.45, 2.75) is 13.0 Å². The lowest BCUT2D eigenvalue weighted by Gasteiger charge is -2.12. The van der Waals surface area contributed by atoms with E-state index in [0.717, 1.165) is 15.6 Å². The van der Waals surface area contributed by atoms with E-state index in [1.54, 1.807) is 6.07 Å². The van der Waals surface area contributed by atoms with Gasteiger partial charge in [-0.25, -0.2) is 0 Å². The second kappa shape index (κ2) is 7.13. The van der Waals surface area contributed by atoms with Crippen molar-refractivity contribution in [2.75, 3.05) is 12.8 Å². The molecule has 5 heteroatoms. The Morgan fingerprint density at radius 1 is 1.14 bits per heavy atom. The van der Waals surface area contributed by atoms with E-state index in [-0.39, 0.29) is 12.4 Å². The molecule has 0 atom stereocenters. The summed E-state index contributed by atoms with van der Waals surface area (Å²) >= 11 is 3.40. The summed E-state index contributed by atoms with van der Waals surface area (Å²) in [6, 6.07) is 13.1. The second-order valence-corrected chi connectivity index (χ2v) is 5.26. The van der Waals surface area contributed by atoms with E-state index in [0.29, 0.717) is 18.0 Å². The fourth-order valence-electron chi connectivity index (χ4n) is 1.89. The van der Waals surface area contributed by atoms with Gasteiger partial charge in [-0.05, 0) is 39.2 Å². The third kappa shape index (κ3) is 3.98. The number of rotatable bonds is 5. The highest BCUT2D eigenvalue weighted by atomic mass is 79.9. The van der Waals surface area contributed by atoms with Crippen molar-refractivity contribution in [3.05, 3.63) is 58.1 Å². The molecular weight excluding hydrogens is 334 g/mol. The minimum Gasteiger partial charge on any atom is -0.488 e. The lowest BCUT2D eigenvalue weighted by atomic mass is 10.1. The maximum absolute atomic E-state index is 11.4. The Bertz CT molecular complexity index is 643. The molecule has 0 saturated heterocycles. The van der Waals surface area contributed by atoms with Crippen LogP contribution >= 0.6 is 15.9 Å². The van der Waals surface area contributed by atoms with Crippen molar-refractivity contribution < 1.29 is 14.3 Å². The highest BCUT2D eigenvalue weighted by Crippen LogP contribution is 2.31. The van der Waals surface area contributed by atoms with Gasteiger partial charge in [-0.2, -0.15) is 0 Å². The second-order valence-electron chi connectivity index (χ2n) is 4.47. The van der Waals surface area contributed by atoms with Gasteiger partial charge < -0.3 is 15.2 Å². The van der Waals surface area contributed by atoms with Crippen LogP contribution in [0.4, 0.5) is 5.69 Å². The van der Waals surface area contributed by atoms with Crippen LogP contribution in [0.3, 0.4) is 0 Å². The van der Waals surface area contributed by atoms with E-state index in [1.165, 1.54) is 7.11 Å². The van der Waals surface area contributed by atoms with Crippen LogP contribution in [0.5, 0.6) is 5.75 Å². The average molecular weight is 350 g/mol. The van der Waals surface area contributed by atoms with Gasteiger partial charge in [-0.3, -0.25) is 4.79 Å². The molecule has 0 aliphatic carbocycles. The number of halogens is 1. The number of hydrogen-bond acceptors (Lipinski definition) is 4. The van der Waals surface area contributed by atoms with Gasteiger partial charge in [0.15, 0.2) is 0 Å². The molecule has 2 N–H and O–H groups in total. The van der Waals surface area contributed by atoms with Gasteiger partial charge in [0.05, 0.1) is 18.0 Å². The maximum atomic E-state index is 11.4. The predicted molar refractivity (Wildman–Crippen MR) is 85.0 cm³/mol. The van der Waals surface area contributed by atoms with Gasteiger partial charge in [0, 0.05) is 5.69 Å². The Morgan fingerprint density at radius 3 is 2.57 bits per heavy atom. The van der Waals surface area contributed by atoms with Crippen LogP contribution in [-0.2, 0) is 22.6 Å². The highest BCUT2D eigenvalue weighted by Gasteiger charge is 2.09. The fourth-order valence-corrected chi connectivity index (χ4v) is 2.27. The molecule has 4 nitrogen and oxygen atoms in total. The number of carbonyl (C=O) groups excluding carboxylic acids is 1. The third-order valence-corrected chi connectivity index (χ3v) is 3.91. The highest BCUT2D eigenvalue weighted by molar-refractivity contribution is 9.10. The van der Waals surface area contributed by atoms with E-state index in [9.17, 15) is 4.79 Å². The Kier molecular flexibility index (Phi) is 5.22. The van der Waals surface area contributed by atoms with Crippen molar-refractivity contribution in [3.63, 3.8) is 0 Å². The van der Waals surface area contributed by atoms with Crippen molar-refractivity contribution >= 4 is 27.6 Å². The zero-order chi connectivity index (χ0) is 15.2. The summed E-state index contributed by atoms with van der Waals surface area (Å²) in [4.78, 5) is 11.4. The van der Waals surface area contributed by atoms with E-state index < -0.39 is 0 Å². The van der Waals surface area contributed by atoms with E-state index >= 15 is 0 Å². The number of methoxy groups -OCH3 is 1. The molecule has 0 saturated carbocycles. The molecule has 0 unspecified atom stereocenters. The molecular formula is C16H16BrNO3. The van der Waals surface area contributed by atoms with Gasteiger partial charge in [0.25, 0.3) is 0 Å². The third-order valence-electron chi connectivity index (χ3n) is 3.06. The summed E-state index contributed by atoms with van der Waals surface area (Å²) in [6.07, 6.45) is 0.230. The Labute approximate surface area is 132 Å². The molecule has 0 fully saturated rings. The molecule has 0 radical (unpaired) electrons. The van der Waals surface area contributed by atoms with Crippen LogP contribution in [0.2, 0.25) is 0 Å². The first-order valence-electron chi connectivity index (χ1n) is 6.42. The molecule has 110 valence electrons. The zero-order valence-corrected chi connectivity index (χ0v) is 13.2. The van der Waals surface area contributed by atoms with Gasteiger partial charge >= 0.3 is 5.97 Å². The average Bonchev–Trinajstić information content (AvgIpc) is 2.50. The van der Waals surface area contributed by atoms with Gasteiger partial charge in [0.2, 0.25) is 0 Å². The Hall–Kier alpha value is -2.01.